The number of nitrogens with zero attached hydrogens (tertiary/aromatic N) is 2. The van der Waals surface area contributed by atoms with E-state index >= 15 is 0 Å². The summed E-state index contributed by atoms with van der Waals surface area (Å²) in [5.41, 5.74) is 1.27. The average Bonchev–Trinajstić information content (AvgIpc) is 2.77. The number of fused-ring (bicyclic) bond motifs is 1. The maximum absolute atomic E-state index is 12.6. The molecule has 0 saturated heterocycles. The predicted octanol–water partition coefficient (Wildman–Crippen LogP) is 4.32. The molecule has 1 aliphatic heterocycles. The summed E-state index contributed by atoms with van der Waals surface area (Å²) < 4.78 is 29.5. The van der Waals surface area contributed by atoms with Crippen LogP contribution in [-0.2, 0) is 4.79 Å². The monoisotopic (exact) mass is 373 g/mol. The number of alkyl halides is 2. The number of carbonyl (C=O) groups excluding carboxylic acids is 1. The van der Waals surface area contributed by atoms with Gasteiger partial charge in [-0.05, 0) is 30.4 Å². The number of para-hydroxylation sites is 2. The van der Waals surface area contributed by atoms with E-state index in [1.165, 1.54) is 12.2 Å². The third-order valence-electron chi connectivity index (χ3n) is 3.66. The van der Waals surface area contributed by atoms with Gasteiger partial charge in [-0.3, -0.25) is 19.9 Å². The molecule has 27 heavy (non-hydrogen) atoms. The molecule has 2 aromatic rings. The van der Waals surface area contributed by atoms with Gasteiger partial charge in [-0.1, -0.05) is 12.1 Å². The number of halogens is 2. The van der Waals surface area contributed by atoms with Crippen LogP contribution in [0.1, 0.15) is 12.0 Å². The van der Waals surface area contributed by atoms with Gasteiger partial charge >= 0.3 is 6.61 Å². The van der Waals surface area contributed by atoms with Crippen molar-refractivity contribution in [3.8, 4) is 5.75 Å². The van der Waals surface area contributed by atoms with E-state index in [0.29, 0.717) is 17.1 Å². The molecule has 9 heteroatoms. The van der Waals surface area contributed by atoms with E-state index in [1.807, 2.05) is 0 Å². The quantitative estimate of drug-likeness (QED) is 0.624. The number of rotatable bonds is 5. The van der Waals surface area contributed by atoms with Gasteiger partial charge in [-0.2, -0.15) is 8.78 Å². The van der Waals surface area contributed by atoms with Gasteiger partial charge in [0.15, 0.2) is 0 Å². The Balaban J connectivity index is 1.97. The van der Waals surface area contributed by atoms with Gasteiger partial charge in [0.2, 0.25) is 5.91 Å². The van der Waals surface area contributed by atoms with Crippen molar-refractivity contribution in [1.29, 1.82) is 0 Å². The summed E-state index contributed by atoms with van der Waals surface area (Å²) in [6.45, 7) is -3.08. The van der Waals surface area contributed by atoms with Crippen LogP contribution < -0.4 is 10.1 Å². The Morgan fingerprint density at radius 3 is 2.74 bits per heavy atom. The molecule has 0 spiro atoms. The maximum atomic E-state index is 12.6. The normalized spacial score (nSPS) is 13.7. The smallest absolute Gasteiger partial charge is 0.387 e. The summed E-state index contributed by atoms with van der Waals surface area (Å²) in [5, 5.41) is 13.6. The van der Waals surface area contributed by atoms with Crippen molar-refractivity contribution in [2.24, 2.45) is 4.99 Å². The highest BCUT2D eigenvalue weighted by Crippen LogP contribution is 2.29. The first-order valence-electron chi connectivity index (χ1n) is 7.80. The molecular formula is C18H13F2N3O4. The number of allylic oxidation sites excluding steroid dienone is 1. The Morgan fingerprint density at radius 1 is 1.22 bits per heavy atom. The summed E-state index contributed by atoms with van der Waals surface area (Å²) in [5.74, 6) is -0.502. The van der Waals surface area contributed by atoms with Crippen LogP contribution in [0.5, 0.6) is 5.75 Å². The van der Waals surface area contributed by atoms with Gasteiger partial charge < -0.3 is 10.1 Å². The lowest BCUT2D eigenvalue weighted by Crippen LogP contribution is -2.13. The second-order valence-corrected chi connectivity index (χ2v) is 5.54. The van der Waals surface area contributed by atoms with Crippen LogP contribution in [-0.4, -0.2) is 23.2 Å². The average molecular weight is 373 g/mol. The number of hydrogen-bond donors (Lipinski definition) is 1. The van der Waals surface area contributed by atoms with Crippen LogP contribution in [0, 0.1) is 10.1 Å². The first-order valence-corrected chi connectivity index (χ1v) is 7.80. The van der Waals surface area contributed by atoms with E-state index in [-0.39, 0.29) is 29.3 Å². The van der Waals surface area contributed by atoms with Gasteiger partial charge in [-0.25, -0.2) is 0 Å². The Bertz CT molecular complexity index is 957. The zero-order chi connectivity index (χ0) is 19.4. The SMILES string of the molecule is O=C1CC(/C=C/c2cc([N+](=O)[O-])ccc2OC(F)F)=Nc2ccccc2N1. The van der Waals surface area contributed by atoms with Crippen molar-refractivity contribution in [3.05, 3.63) is 64.2 Å². The zero-order valence-corrected chi connectivity index (χ0v) is 13.8. The van der Waals surface area contributed by atoms with Gasteiger partial charge in [0, 0.05) is 17.7 Å². The van der Waals surface area contributed by atoms with E-state index in [0.717, 1.165) is 18.2 Å². The van der Waals surface area contributed by atoms with Gasteiger partial charge in [-0.15, -0.1) is 0 Å². The van der Waals surface area contributed by atoms with Crippen LogP contribution in [0.4, 0.5) is 25.8 Å². The second-order valence-electron chi connectivity index (χ2n) is 5.54. The number of amides is 1. The second kappa shape index (κ2) is 7.73. The minimum atomic E-state index is -3.08. The van der Waals surface area contributed by atoms with Crippen molar-refractivity contribution >= 4 is 34.8 Å². The highest BCUT2D eigenvalue weighted by atomic mass is 19.3. The van der Waals surface area contributed by atoms with Crippen LogP contribution in [0.25, 0.3) is 6.08 Å². The molecule has 0 aromatic heterocycles. The van der Waals surface area contributed by atoms with Crippen molar-refractivity contribution in [2.45, 2.75) is 13.0 Å². The first-order chi connectivity index (χ1) is 12.9. The highest BCUT2D eigenvalue weighted by molar-refractivity contribution is 6.15. The van der Waals surface area contributed by atoms with E-state index in [4.69, 9.17) is 0 Å². The number of ether oxygens (including phenoxy) is 1. The molecule has 0 bridgehead atoms. The van der Waals surface area contributed by atoms with E-state index < -0.39 is 11.5 Å². The fourth-order valence-corrected chi connectivity index (χ4v) is 2.50. The van der Waals surface area contributed by atoms with Crippen molar-refractivity contribution in [1.82, 2.24) is 0 Å². The van der Waals surface area contributed by atoms with Crippen molar-refractivity contribution in [3.63, 3.8) is 0 Å². The van der Waals surface area contributed by atoms with Crippen LogP contribution >= 0.6 is 0 Å². The number of benzene rings is 2. The summed E-state index contributed by atoms with van der Waals surface area (Å²) >= 11 is 0. The number of hydrogen-bond acceptors (Lipinski definition) is 5. The van der Waals surface area contributed by atoms with Crippen LogP contribution in [0.3, 0.4) is 0 Å². The van der Waals surface area contributed by atoms with Crippen molar-refractivity contribution in [2.75, 3.05) is 5.32 Å². The Kier molecular flexibility index (Phi) is 5.20. The summed E-state index contributed by atoms with van der Waals surface area (Å²) in [4.78, 5) is 26.7. The lowest BCUT2D eigenvalue weighted by atomic mass is 10.1. The molecule has 0 saturated carbocycles. The molecule has 1 heterocycles. The molecular weight excluding hydrogens is 360 g/mol. The molecule has 1 N–H and O–H groups in total. The van der Waals surface area contributed by atoms with Crippen molar-refractivity contribution < 1.29 is 23.2 Å². The maximum Gasteiger partial charge on any atom is 0.387 e. The molecule has 0 aliphatic carbocycles. The molecule has 138 valence electrons. The number of anilines is 1. The molecule has 1 amide bonds. The number of non-ortho nitro benzene ring substituents is 1. The molecule has 0 fully saturated rings. The summed E-state index contributed by atoms with van der Waals surface area (Å²) in [6.07, 6.45) is 2.76. The standard InChI is InChI=1S/C18H13F2N3O4/c19-18(20)27-16-8-7-13(23(25)26)9-11(16)5-6-12-10-17(24)22-15-4-2-1-3-14(15)21-12/h1-9,18H,10H2,(H,22,24)/b6-5+. The fourth-order valence-electron chi connectivity index (χ4n) is 2.50. The minimum Gasteiger partial charge on any atom is -0.434 e. The topological polar surface area (TPSA) is 93.8 Å². The lowest BCUT2D eigenvalue weighted by Gasteiger charge is -2.07. The molecule has 2 aromatic carbocycles. The molecule has 1 aliphatic rings. The molecule has 7 nitrogen and oxygen atoms in total. The van der Waals surface area contributed by atoms with Gasteiger partial charge in [0.05, 0.1) is 28.4 Å². The summed E-state index contributed by atoms with van der Waals surface area (Å²) in [7, 11) is 0. The fraction of sp³-hybridized carbons (Fsp3) is 0.111. The first kappa shape index (κ1) is 18.2. The predicted molar refractivity (Wildman–Crippen MR) is 95.5 cm³/mol. The Morgan fingerprint density at radius 2 is 2.00 bits per heavy atom. The molecule has 0 radical (unpaired) electrons. The number of carbonyl (C=O) groups is 1. The minimum absolute atomic E-state index is 0.0366. The Labute approximate surface area is 152 Å². The third-order valence-corrected chi connectivity index (χ3v) is 3.66. The van der Waals surface area contributed by atoms with Crippen LogP contribution in [0.2, 0.25) is 0 Å². The van der Waals surface area contributed by atoms with E-state index in [9.17, 15) is 23.7 Å². The molecule has 0 unspecified atom stereocenters. The largest absolute Gasteiger partial charge is 0.434 e. The number of nitrogens with one attached hydrogen (secondary N) is 1. The highest BCUT2D eigenvalue weighted by Gasteiger charge is 2.16. The zero-order valence-electron chi connectivity index (χ0n) is 13.8. The van der Waals surface area contributed by atoms with E-state index in [1.54, 1.807) is 24.3 Å². The number of aliphatic imine (C=N–C) groups is 1. The Hall–Kier alpha value is -3.62. The number of nitro benzene ring substituents is 1. The van der Waals surface area contributed by atoms with E-state index in [2.05, 4.69) is 15.0 Å². The third kappa shape index (κ3) is 4.51. The molecule has 3 rings (SSSR count). The number of nitro groups is 1. The lowest BCUT2D eigenvalue weighted by molar-refractivity contribution is -0.384. The van der Waals surface area contributed by atoms with Gasteiger partial charge in [0.25, 0.3) is 5.69 Å². The molecule has 0 atom stereocenters. The van der Waals surface area contributed by atoms with Gasteiger partial charge in [0.1, 0.15) is 5.75 Å². The van der Waals surface area contributed by atoms with Crippen LogP contribution in [0.15, 0.2) is 53.5 Å². The summed E-state index contributed by atoms with van der Waals surface area (Å²) in [6, 6.07) is 10.2.